The van der Waals surface area contributed by atoms with E-state index in [0.29, 0.717) is 0 Å². The van der Waals surface area contributed by atoms with Crippen molar-refractivity contribution >= 4 is 31.9 Å². The van der Waals surface area contributed by atoms with Crippen LogP contribution >= 0.6 is 31.9 Å². The summed E-state index contributed by atoms with van der Waals surface area (Å²) in [7, 11) is 0. The average Bonchev–Trinajstić information content (AvgIpc) is 2.09. The van der Waals surface area contributed by atoms with Gasteiger partial charge in [-0.1, -0.05) is 0 Å². The van der Waals surface area contributed by atoms with Gasteiger partial charge in [-0.15, -0.1) is 0 Å². The molecule has 0 unspecified atom stereocenters. The third kappa shape index (κ3) is 2.38. The second-order valence-electron chi connectivity index (χ2n) is 2.18. The zero-order valence-corrected chi connectivity index (χ0v) is 9.50. The monoisotopic (exact) mass is 336 g/mol. The first-order chi connectivity index (χ1) is 6.43. The molecule has 0 aliphatic rings. The Bertz CT molecular complexity index is 330. The average molecular weight is 338 g/mol. The van der Waals surface area contributed by atoms with Crippen molar-refractivity contribution in [3.63, 3.8) is 0 Å². The summed E-state index contributed by atoms with van der Waals surface area (Å²) in [5.74, 6) is -2.83. The Labute approximate surface area is 93.3 Å². The van der Waals surface area contributed by atoms with Gasteiger partial charge in [0.2, 0.25) is 0 Å². The number of hydrogen-bond donors (Lipinski definition) is 0. The minimum Gasteiger partial charge on any atom is -0.430 e. The maximum Gasteiger partial charge on any atom is 0.387 e. The van der Waals surface area contributed by atoms with Crippen LogP contribution in [0.4, 0.5) is 17.6 Å². The van der Waals surface area contributed by atoms with E-state index >= 15 is 0 Å². The first-order valence-corrected chi connectivity index (χ1v) is 4.80. The minimum atomic E-state index is -3.21. The zero-order chi connectivity index (χ0) is 10.9. The van der Waals surface area contributed by atoms with E-state index < -0.39 is 28.5 Å². The lowest BCUT2D eigenvalue weighted by atomic mass is 10.3. The fourth-order valence-electron chi connectivity index (χ4n) is 0.744. The maximum absolute atomic E-state index is 13.1. The van der Waals surface area contributed by atoms with E-state index in [0.717, 1.165) is 6.07 Å². The molecule has 0 amide bonds. The minimum absolute atomic E-state index is 0.283. The van der Waals surface area contributed by atoms with E-state index in [1.54, 1.807) is 0 Å². The number of rotatable bonds is 2. The van der Waals surface area contributed by atoms with Crippen LogP contribution in [-0.2, 0) is 0 Å². The molecule has 1 nitrogen and oxygen atoms in total. The van der Waals surface area contributed by atoms with Crippen molar-refractivity contribution < 1.29 is 22.3 Å². The standard InChI is InChI=1S/C7H2Br2F4O/c8-2-1-3(10)4(9)6(5(2)11)14-7(12)13/h1,7H. The molecule has 0 heterocycles. The third-order valence-corrected chi connectivity index (χ3v) is 2.59. The lowest BCUT2D eigenvalue weighted by Crippen LogP contribution is -2.05. The molecule has 0 saturated carbocycles. The van der Waals surface area contributed by atoms with Crippen molar-refractivity contribution in [2.75, 3.05) is 0 Å². The Kier molecular flexibility index (Phi) is 3.77. The molecule has 0 aliphatic heterocycles. The van der Waals surface area contributed by atoms with E-state index in [-0.39, 0.29) is 4.47 Å². The molecule has 0 bridgehead atoms. The molecule has 1 aromatic rings. The maximum atomic E-state index is 13.1. The molecule has 0 radical (unpaired) electrons. The Hall–Kier alpha value is -0.300. The van der Waals surface area contributed by atoms with Gasteiger partial charge >= 0.3 is 6.61 Å². The number of alkyl halides is 2. The van der Waals surface area contributed by atoms with Gasteiger partial charge in [0.15, 0.2) is 11.6 Å². The SMILES string of the molecule is Fc1cc(Br)c(F)c(OC(F)F)c1Br. The van der Waals surface area contributed by atoms with Crippen LogP contribution in [0.3, 0.4) is 0 Å². The summed E-state index contributed by atoms with van der Waals surface area (Å²) in [5.41, 5.74) is 0. The van der Waals surface area contributed by atoms with E-state index in [1.807, 2.05) is 0 Å². The molecular weight excluding hydrogens is 336 g/mol. The Morgan fingerprint density at radius 1 is 1.21 bits per heavy atom. The Morgan fingerprint density at radius 2 is 1.79 bits per heavy atom. The van der Waals surface area contributed by atoms with Crippen LogP contribution in [0.1, 0.15) is 0 Å². The normalized spacial score (nSPS) is 10.8. The molecule has 0 N–H and O–H groups in total. The Balaban J connectivity index is 3.25. The van der Waals surface area contributed by atoms with Gasteiger partial charge in [-0.05, 0) is 37.9 Å². The first kappa shape index (κ1) is 11.8. The molecule has 1 rings (SSSR count). The largest absolute Gasteiger partial charge is 0.430 e. The summed E-state index contributed by atoms with van der Waals surface area (Å²) in [6, 6.07) is 0.803. The van der Waals surface area contributed by atoms with Gasteiger partial charge in [0.1, 0.15) is 5.82 Å². The molecular formula is C7H2Br2F4O. The van der Waals surface area contributed by atoms with Gasteiger partial charge in [-0.2, -0.15) is 8.78 Å². The predicted molar refractivity (Wildman–Crippen MR) is 48.4 cm³/mol. The van der Waals surface area contributed by atoms with Crippen molar-refractivity contribution in [2.24, 2.45) is 0 Å². The molecule has 0 fully saturated rings. The molecule has 0 atom stereocenters. The second-order valence-corrected chi connectivity index (χ2v) is 3.82. The van der Waals surface area contributed by atoms with Crippen LogP contribution in [0.2, 0.25) is 0 Å². The van der Waals surface area contributed by atoms with Crippen LogP contribution in [0.25, 0.3) is 0 Å². The van der Waals surface area contributed by atoms with Gasteiger partial charge in [0.05, 0.1) is 8.95 Å². The van der Waals surface area contributed by atoms with Crippen molar-refractivity contribution in [1.82, 2.24) is 0 Å². The summed E-state index contributed by atoms with van der Waals surface area (Å²) < 4.78 is 52.7. The number of hydrogen-bond acceptors (Lipinski definition) is 1. The van der Waals surface area contributed by atoms with E-state index in [4.69, 9.17) is 0 Å². The smallest absolute Gasteiger partial charge is 0.387 e. The third-order valence-electron chi connectivity index (χ3n) is 1.28. The number of ether oxygens (including phenoxy) is 1. The summed E-state index contributed by atoms with van der Waals surface area (Å²) in [6.45, 7) is -3.21. The van der Waals surface area contributed by atoms with Crippen LogP contribution < -0.4 is 4.74 Å². The van der Waals surface area contributed by atoms with E-state index in [1.165, 1.54) is 0 Å². The topological polar surface area (TPSA) is 9.23 Å². The molecule has 0 saturated heterocycles. The molecule has 0 spiro atoms. The van der Waals surface area contributed by atoms with Crippen LogP contribution in [0, 0.1) is 11.6 Å². The molecule has 14 heavy (non-hydrogen) atoms. The van der Waals surface area contributed by atoms with Crippen molar-refractivity contribution in [3.8, 4) is 5.75 Å². The molecule has 0 aromatic heterocycles. The quantitative estimate of drug-likeness (QED) is 0.583. The zero-order valence-electron chi connectivity index (χ0n) is 6.33. The summed E-state index contributed by atoms with van der Waals surface area (Å²) in [5, 5.41) is 0. The fraction of sp³-hybridized carbons (Fsp3) is 0.143. The number of benzene rings is 1. The van der Waals surface area contributed by atoms with Crippen molar-refractivity contribution in [1.29, 1.82) is 0 Å². The van der Waals surface area contributed by atoms with Gasteiger partial charge in [0, 0.05) is 0 Å². The van der Waals surface area contributed by atoms with Crippen molar-refractivity contribution in [2.45, 2.75) is 6.61 Å². The van der Waals surface area contributed by atoms with Gasteiger partial charge in [-0.25, -0.2) is 8.78 Å². The van der Waals surface area contributed by atoms with Gasteiger partial charge < -0.3 is 4.74 Å². The summed E-state index contributed by atoms with van der Waals surface area (Å²) in [6.07, 6.45) is 0. The summed E-state index contributed by atoms with van der Waals surface area (Å²) in [4.78, 5) is 0. The first-order valence-electron chi connectivity index (χ1n) is 3.21. The molecule has 78 valence electrons. The highest BCUT2D eigenvalue weighted by atomic mass is 79.9. The second kappa shape index (κ2) is 4.48. The van der Waals surface area contributed by atoms with Crippen LogP contribution in [0.5, 0.6) is 5.75 Å². The Morgan fingerprint density at radius 3 is 2.29 bits per heavy atom. The van der Waals surface area contributed by atoms with Crippen molar-refractivity contribution in [3.05, 3.63) is 26.6 Å². The van der Waals surface area contributed by atoms with Crippen LogP contribution in [0.15, 0.2) is 15.0 Å². The van der Waals surface area contributed by atoms with E-state index in [2.05, 4.69) is 36.6 Å². The molecule has 1 aromatic carbocycles. The molecule has 0 aliphatic carbocycles. The highest BCUT2D eigenvalue weighted by Gasteiger charge is 2.20. The van der Waals surface area contributed by atoms with Gasteiger partial charge in [-0.3, -0.25) is 0 Å². The van der Waals surface area contributed by atoms with E-state index in [9.17, 15) is 17.6 Å². The van der Waals surface area contributed by atoms with Crippen LogP contribution in [-0.4, -0.2) is 6.61 Å². The number of halogens is 6. The highest BCUT2D eigenvalue weighted by Crippen LogP contribution is 2.36. The summed E-state index contributed by atoms with van der Waals surface area (Å²) >= 11 is 5.26. The lowest BCUT2D eigenvalue weighted by Gasteiger charge is -2.09. The lowest BCUT2D eigenvalue weighted by molar-refractivity contribution is -0.0530. The molecule has 7 heteroatoms. The van der Waals surface area contributed by atoms with Gasteiger partial charge in [0.25, 0.3) is 0 Å². The predicted octanol–water partition coefficient (Wildman–Crippen LogP) is 4.09. The fourth-order valence-corrected chi connectivity index (χ4v) is 1.51. The highest BCUT2D eigenvalue weighted by molar-refractivity contribution is 9.11.